The molecule has 1 N–H and O–H groups in total. The van der Waals surface area contributed by atoms with Crippen LogP contribution in [0.5, 0.6) is 11.5 Å². The zero-order chi connectivity index (χ0) is 13.7. The first kappa shape index (κ1) is 13.6. The van der Waals surface area contributed by atoms with Gasteiger partial charge in [-0.2, -0.15) is 5.26 Å². The number of carbonyl (C=O) groups excluding carboxylic acids is 1. The van der Waals surface area contributed by atoms with E-state index in [1.54, 1.807) is 6.92 Å². The van der Waals surface area contributed by atoms with Crippen LogP contribution in [0, 0.1) is 11.3 Å². The van der Waals surface area contributed by atoms with Crippen molar-refractivity contribution < 1.29 is 14.3 Å². The van der Waals surface area contributed by atoms with Crippen molar-refractivity contribution in [2.75, 3.05) is 19.5 Å². The topological polar surface area (TPSA) is 71.3 Å². The highest BCUT2D eigenvalue weighted by Crippen LogP contribution is 2.33. The van der Waals surface area contributed by atoms with Gasteiger partial charge < -0.3 is 14.8 Å². The molecule has 0 fully saturated rings. The molecule has 0 bridgehead atoms. The number of ether oxygens (including phenoxy) is 2. The van der Waals surface area contributed by atoms with Crippen molar-refractivity contribution >= 4 is 11.6 Å². The maximum atomic E-state index is 11.5. The molecule has 0 aliphatic heterocycles. The van der Waals surface area contributed by atoms with E-state index in [0.717, 1.165) is 0 Å². The van der Waals surface area contributed by atoms with Gasteiger partial charge in [-0.05, 0) is 6.92 Å². The van der Waals surface area contributed by atoms with Gasteiger partial charge in [0.2, 0.25) is 0 Å². The molecule has 0 radical (unpaired) electrons. The molecule has 1 aromatic carbocycles. The minimum absolute atomic E-state index is 0.294. The van der Waals surface area contributed by atoms with Crippen LogP contribution in [0.15, 0.2) is 24.3 Å². The Labute approximate surface area is 106 Å². The molecule has 5 heteroatoms. The van der Waals surface area contributed by atoms with E-state index in [-0.39, 0.29) is 5.91 Å². The van der Waals surface area contributed by atoms with Crippen LogP contribution in [0.4, 0.5) is 5.69 Å². The summed E-state index contributed by atoms with van der Waals surface area (Å²) in [5.41, 5.74) is 1.01. The monoisotopic (exact) mass is 246 g/mol. The molecule has 1 rings (SSSR count). The predicted octanol–water partition coefficient (Wildman–Crippen LogP) is 2.09. The third kappa shape index (κ3) is 2.80. The molecule has 18 heavy (non-hydrogen) atoms. The van der Waals surface area contributed by atoms with Crippen LogP contribution >= 0.6 is 0 Å². The number of carbonyl (C=O) groups is 1. The third-order valence-corrected chi connectivity index (χ3v) is 2.28. The second-order valence-corrected chi connectivity index (χ2v) is 3.60. The Hall–Kier alpha value is -2.48. The van der Waals surface area contributed by atoms with Gasteiger partial charge >= 0.3 is 0 Å². The van der Waals surface area contributed by atoms with Gasteiger partial charge in [0, 0.05) is 17.7 Å². The Balaban J connectivity index is 3.22. The van der Waals surface area contributed by atoms with Gasteiger partial charge in [0.15, 0.2) is 11.5 Å². The number of hydrogen-bond donors (Lipinski definition) is 1. The van der Waals surface area contributed by atoms with Crippen molar-refractivity contribution in [1.29, 1.82) is 5.26 Å². The standard InChI is InChI=1S/C13H14N2O3/c1-8(2)13(16)15-10-6-12(18-4)11(17-3)5-9(10)7-14/h5-6H,1H2,2-4H3,(H,15,16). The van der Waals surface area contributed by atoms with Gasteiger partial charge in [0.05, 0.1) is 25.5 Å². The molecule has 0 unspecified atom stereocenters. The van der Waals surface area contributed by atoms with E-state index < -0.39 is 0 Å². The number of hydrogen-bond acceptors (Lipinski definition) is 4. The number of rotatable bonds is 4. The van der Waals surface area contributed by atoms with Gasteiger partial charge in [0.25, 0.3) is 5.91 Å². The number of anilines is 1. The summed E-state index contributed by atoms with van der Waals surface area (Å²) in [5, 5.41) is 11.6. The fraction of sp³-hybridized carbons (Fsp3) is 0.231. The average Bonchev–Trinajstić information content (AvgIpc) is 2.37. The summed E-state index contributed by atoms with van der Waals surface area (Å²) in [6.07, 6.45) is 0. The number of nitrogens with zero attached hydrogens (tertiary/aromatic N) is 1. The van der Waals surface area contributed by atoms with Gasteiger partial charge in [-0.1, -0.05) is 6.58 Å². The zero-order valence-corrected chi connectivity index (χ0v) is 10.5. The Bertz CT molecular complexity index is 530. The van der Waals surface area contributed by atoms with E-state index in [1.807, 2.05) is 6.07 Å². The van der Waals surface area contributed by atoms with E-state index >= 15 is 0 Å². The summed E-state index contributed by atoms with van der Waals surface area (Å²) in [5.74, 6) is 0.523. The average molecular weight is 246 g/mol. The Morgan fingerprint density at radius 2 is 1.89 bits per heavy atom. The van der Waals surface area contributed by atoms with Crippen molar-refractivity contribution in [3.8, 4) is 17.6 Å². The van der Waals surface area contributed by atoms with Crippen molar-refractivity contribution in [2.24, 2.45) is 0 Å². The fourth-order valence-electron chi connectivity index (χ4n) is 1.30. The highest BCUT2D eigenvalue weighted by Gasteiger charge is 2.13. The molecular weight excluding hydrogens is 232 g/mol. The van der Waals surface area contributed by atoms with Crippen LogP contribution in [-0.4, -0.2) is 20.1 Å². The normalized spacial score (nSPS) is 9.22. The number of methoxy groups -OCH3 is 2. The molecule has 0 saturated heterocycles. The van der Waals surface area contributed by atoms with Crippen molar-refractivity contribution in [3.63, 3.8) is 0 Å². The summed E-state index contributed by atoms with van der Waals surface area (Å²) in [6.45, 7) is 5.12. The second kappa shape index (κ2) is 5.73. The maximum Gasteiger partial charge on any atom is 0.250 e. The van der Waals surface area contributed by atoms with Gasteiger partial charge in [-0.25, -0.2) is 0 Å². The molecule has 0 aromatic heterocycles. The van der Waals surface area contributed by atoms with Crippen LogP contribution < -0.4 is 14.8 Å². The molecule has 5 nitrogen and oxygen atoms in total. The first-order valence-electron chi connectivity index (χ1n) is 5.16. The number of amides is 1. The van der Waals surface area contributed by atoms with Gasteiger partial charge in [-0.15, -0.1) is 0 Å². The summed E-state index contributed by atoms with van der Waals surface area (Å²) in [7, 11) is 2.96. The summed E-state index contributed by atoms with van der Waals surface area (Å²) < 4.78 is 10.2. The van der Waals surface area contributed by atoms with Crippen LogP contribution in [-0.2, 0) is 4.79 Å². The molecule has 0 heterocycles. The molecule has 1 amide bonds. The van der Waals surface area contributed by atoms with Crippen LogP contribution in [0.1, 0.15) is 12.5 Å². The highest BCUT2D eigenvalue weighted by molar-refractivity contribution is 6.03. The lowest BCUT2D eigenvalue weighted by Gasteiger charge is -2.12. The Morgan fingerprint density at radius 3 is 2.33 bits per heavy atom. The highest BCUT2D eigenvalue weighted by atomic mass is 16.5. The molecule has 0 spiro atoms. The van der Waals surface area contributed by atoms with Gasteiger partial charge in [0.1, 0.15) is 6.07 Å². The lowest BCUT2D eigenvalue weighted by molar-refractivity contribution is -0.112. The zero-order valence-electron chi connectivity index (χ0n) is 10.5. The summed E-state index contributed by atoms with van der Waals surface area (Å²) in [4.78, 5) is 11.5. The lowest BCUT2D eigenvalue weighted by Crippen LogP contribution is -2.13. The van der Waals surface area contributed by atoms with Crippen LogP contribution in [0.25, 0.3) is 0 Å². The van der Waals surface area contributed by atoms with Crippen molar-refractivity contribution in [3.05, 3.63) is 29.8 Å². The molecule has 1 aromatic rings. The van der Waals surface area contributed by atoms with E-state index in [9.17, 15) is 4.79 Å². The second-order valence-electron chi connectivity index (χ2n) is 3.60. The third-order valence-electron chi connectivity index (χ3n) is 2.28. The first-order valence-corrected chi connectivity index (χ1v) is 5.16. The summed E-state index contributed by atoms with van der Waals surface area (Å²) >= 11 is 0. The van der Waals surface area contributed by atoms with Crippen molar-refractivity contribution in [2.45, 2.75) is 6.92 Å². The molecule has 0 atom stereocenters. The minimum Gasteiger partial charge on any atom is -0.493 e. The molecule has 94 valence electrons. The molecule has 0 saturated carbocycles. The maximum absolute atomic E-state index is 11.5. The predicted molar refractivity (Wildman–Crippen MR) is 67.7 cm³/mol. The molecule has 0 aliphatic carbocycles. The fourth-order valence-corrected chi connectivity index (χ4v) is 1.30. The quantitative estimate of drug-likeness (QED) is 0.826. The van der Waals surface area contributed by atoms with E-state index in [1.165, 1.54) is 26.4 Å². The molecule has 0 aliphatic rings. The summed E-state index contributed by atoms with van der Waals surface area (Å²) in [6, 6.07) is 5.03. The van der Waals surface area contributed by atoms with E-state index in [2.05, 4.69) is 11.9 Å². The SMILES string of the molecule is C=C(C)C(=O)Nc1cc(OC)c(OC)cc1C#N. The number of benzene rings is 1. The largest absolute Gasteiger partial charge is 0.493 e. The Kier molecular flexibility index (Phi) is 4.33. The van der Waals surface area contributed by atoms with Crippen molar-refractivity contribution in [1.82, 2.24) is 0 Å². The smallest absolute Gasteiger partial charge is 0.250 e. The number of nitriles is 1. The minimum atomic E-state index is -0.348. The lowest BCUT2D eigenvalue weighted by atomic mass is 10.1. The Morgan fingerprint density at radius 1 is 1.33 bits per heavy atom. The first-order chi connectivity index (χ1) is 8.53. The van der Waals surface area contributed by atoms with E-state index in [0.29, 0.717) is 28.3 Å². The molecular formula is C13H14N2O3. The van der Waals surface area contributed by atoms with E-state index in [4.69, 9.17) is 14.7 Å². The number of nitrogens with one attached hydrogen (secondary N) is 1. The van der Waals surface area contributed by atoms with Gasteiger partial charge in [-0.3, -0.25) is 4.79 Å². The van der Waals surface area contributed by atoms with Crippen LogP contribution in [0.2, 0.25) is 0 Å². The van der Waals surface area contributed by atoms with Crippen LogP contribution in [0.3, 0.4) is 0 Å².